The van der Waals surface area contributed by atoms with Crippen LogP contribution in [0, 0.1) is 11.2 Å². The number of unbranched alkanes of at least 4 members (excludes halogenated alkanes) is 1. The van der Waals surface area contributed by atoms with Crippen molar-refractivity contribution in [2.24, 2.45) is 5.41 Å². The van der Waals surface area contributed by atoms with Crippen LogP contribution in [0.15, 0.2) is 48.8 Å². The summed E-state index contributed by atoms with van der Waals surface area (Å²) in [4.78, 5) is 42.4. The van der Waals surface area contributed by atoms with Gasteiger partial charge in [0.2, 0.25) is 5.78 Å². The van der Waals surface area contributed by atoms with Crippen molar-refractivity contribution in [3.63, 3.8) is 0 Å². The molecule has 1 aliphatic rings. The van der Waals surface area contributed by atoms with E-state index in [-0.39, 0.29) is 37.3 Å². The molecule has 1 atom stereocenters. The molecule has 0 aliphatic heterocycles. The van der Waals surface area contributed by atoms with Gasteiger partial charge in [0.1, 0.15) is 11.9 Å². The van der Waals surface area contributed by atoms with E-state index in [0.717, 1.165) is 29.1 Å². The van der Waals surface area contributed by atoms with Gasteiger partial charge in [0.15, 0.2) is 0 Å². The molecule has 3 N–H and O–H groups in total. The molecule has 1 fully saturated rings. The number of halogens is 1. The molecule has 0 spiro atoms. The predicted octanol–water partition coefficient (Wildman–Crippen LogP) is 2.48. The van der Waals surface area contributed by atoms with Crippen molar-refractivity contribution in [1.29, 1.82) is 0 Å². The largest absolute Gasteiger partial charge is 0.449 e. The van der Waals surface area contributed by atoms with Crippen LogP contribution in [0.25, 0.3) is 0 Å². The summed E-state index contributed by atoms with van der Waals surface area (Å²) in [6.45, 7) is 0.343. The van der Waals surface area contributed by atoms with E-state index in [1.54, 1.807) is 36.7 Å². The summed E-state index contributed by atoms with van der Waals surface area (Å²) >= 11 is 0. The van der Waals surface area contributed by atoms with Crippen molar-refractivity contribution in [3.8, 4) is 0 Å². The van der Waals surface area contributed by atoms with Gasteiger partial charge in [-0.3, -0.25) is 14.6 Å². The lowest BCUT2D eigenvalue weighted by Gasteiger charge is -2.41. The highest BCUT2D eigenvalue weighted by molar-refractivity contribution is 7.87. The molecular weight excluding hydrogens is 553 g/mol. The van der Waals surface area contributed by atoms with Gasteiger partial charge in [0.25, 0.3) is 16.1 Å². The molecule has 0 bridgehead atoms. The summed E-state index contributed by atoms with van der Waals surface area (Å²) in [5.74, 6) is -2.01. The lowest BCUT2D eigenvalue weighted by atomic mass is 9.66. The topological polar surface area (TPSA) is 147 Å². The van der Waals surface area contributed by atoms with Crippen molar-refractivity contribution < 1.29 is 31.9 Å². The number of aromatic nitrogens is 1. The van der Waals surface area contributed by atoms with Gasteiger partial charge in [-0.05, 0) is 67.9 Å². The average molecular weight is 592 g/mol. The number of hydrogen-bond donors (Lipinski definition) is 3. The van der Waals surface area contributed by atoms with Crippen LogP contribution >= 0.6 is 0 Å². The molecule has 1 aromatic carbocycles. The number of carbonyl (C=O) groups is 3. The van der Waals surface area contributed by atoms with Gasteiger partial charge in [-0.2, -0.15) is 12.7 Å². The lowest BCUT2D eigenvalue weighted by molar-refractivity contribution is -0.139. The van der Waals surface area contributed by atoms with Crippen LogP contribution in [0.2, 0.25) is 0 Å². The van der Waals surface area contributed by atoms with Crippen LogP contribution in [0.4, 0.5) is 9.18 Å². The van der Waals surface area contributed by atoms with Gasteiger partial charge < -0.3 is 15.4 Å². The predicted molar refractivity (Wildman–Crippen MR) is 150 cm³/mol. The maximum Gasteiger partial charge on any atom is 0.407 e. The van der Waals surface area contributed by atoms with Crippen molar-refractivity contribution >= 4 is 28.0 Å². The van der Waals surface area contributed by atoms with E-state index >= 15 is 0 Å². The van der Waals surface area contributed by atoms with Gasteiger partial charge in [-0.15, -0.1) is 0 Å². The molecule has 0 unspecified atom stereocenters. The number of amides is 2. The molecule has 13 heteroatoms. The van der Waals surface area contributed by atoms with E-state index in [9.17, 15) is 27.2 Å². The first kappa shape index (κ1) is 32.1. The Morgan fingerprint density at radius 3 is 2.44 bits per heavy atom. The Morgan fingerprint density at radius 1 is 1.10 bits per heavy atom. The summed E-state index contributed by atoms with van der Waals surface area (Å²) in [6.07, 6.45) is 6.50. The second kappa shape index (κ2) is 15.0. The van der Waals surface area contributed by atoms with Gasteiger partial charge in [0.05, 0.1) is 6.61 Å². The SMILES string of the molecule is CN(C)S(=O)(=O)NCCCC[C@H](NC(=O)OCC1(Cc2ccc(F)cc2)CCC1)C(=O)C(=O)NCc1cccnc1. The number of nitrogens with one attached hydrogen (secondary N) is 3. The zero-order valence-electron chi connectivity index (χ0n) is 23.4. The van der Waals surface area contributed by atoms with Crippen molar-refractivity contribution in [2.75, 3.05) is 27.2 Å². The first-order valence-corrected chi connectivity index (χ1v) is 15.0. The molecule has 0 saturated heterocycles. The van der Waals surface area contributed by atoms with Gasteiger partial charge >= 0.3 is 6.09 Å². The minimum Gasteiger partial charge on any atom is -0.449 e. The van der Waals surface area contributed by atoms with Crippen LogP contribution in [-0.2, 0) is 37.5 Å². The first-order valence-electron chi connectivity index (χ1n) is 13.6. The second-order valence-corrected chi connectivity index (χ2v) is 12.5. The Labute approximate surface area is 240 Å². The zero-order chi connectivity index (χ0) is 29.9. The summed E-state index contributed by atoms with van der Waals surface area (Å²) in [5, 5.41) is 5.08. The molecule has 2 amide bonds. The number of nitrogens with zero attached hydrogens (tertiary/aromatic N) is 2. The quantitative estimate of drug-likeness (QED) is 0.201. The number of ketones is 1. The fourth-order valence-electron chi connectivity index (χ4n) is 4.49. The summed E-state index contributed by atoms with van der Waals surface area (Å²) in [5.41, 5.74) is 1.38. The number of carbonyl (C=O) groups excluding carboxylic acids is 3. The van der Waals surface area contributed by atoms with E-state index in [4.69, 9.17) is 4.74 Å². The first-order chi connectivity index (χ1) is 19.5. The monoisotopic (exact) mass is 591 g/mol. The van der Waals surface area contributed by atoms with Crippen LogP contribution in [0.3, 0.4) is 0 Å². The summed E-state index contributed by atoms with van der Waals surface area (Å²) in [7, 11) is -0.772. The summed E-state index contributed by atoms with van der Waals surface area (Å²) in [6, 6.07) is 8.53. The Hall–Kier alpha value is -3.42. The van der Waals surface area contributed by atoms with Crippen LogP contribution in [0.5, 0.6) is 0 Å². The van der Waals surface area contributed by atoms with Crippen molar-refractivity contribution in [3.05, 3.63) is 65.7 Å². The molecule has 11 nitrogen and oxygen atoms in total. The molecule has 41 heavy (non-hydrogen) atoms. The molecule has 2 aromatic rings. The fourth-order valence-corrected chi connectivity index (χ4v) is 5.15. The van der Waals surface area contributed by atoms with Crippen molar-refractivity contribution in [1.82, 2.24) is 24.6 Å². The van der Waals surface area contributed by atoms with Crippen LogP contribution in [0.1, 0.15) is 49.7 Å². The molecule has 1 heterocycles. The molecule has 1 aromatic heterocycles. The smallest absolute Gasteiger partial charge is 0.407 e. The number of hydrogen-bond acceptors (Lipinski definition) is 7. The van der Waals surface area contributed by atoms with E-state index < -0.39 is 34.0 Å². The molecule has 1 aliphatic carbocycles. The highest BCUT2D eigenvalue weighted by Gasteiger charge is 2.39. The van der Waals surface area contributed by atoms with Crippen molar-refractivity contribution in [2.45, 2.75) is 57.5 Å². The fraction of sp³-hybridized carbons (Fsp3) is 0.500. The zero-order valence-corrected chi connectivity index (χ0v) is 24.2. The number of pyridine rings is 1. The van der Waals surface area contributed by atoms with Crippen LogP contribution < -0.4 is 15.4 Å². The Bertz CT molecular complexity index is 1270. The summed E-state index contributed by atoms with van der Waals surface area (Å²) < 4.78 is 46.1. The van der Waals surface area contributed by atoms with E-state index in [0.29, 0.717) is 24.8 Å². The maximum atomic E-state index is 13.3. The second-order valence-electron chi connectivity index (χ2n) is 10.5. The third-order valence-electron chi connectivity index (χ3n) is 7.11. The Morgan fingerprint density at radius 2 is 1.83 bits per heavy atom. The van der Waals surface area contributed by atoms with Crippen LogP contribution in [-0.4, -0.2) is 68.8 Å². The normalized spacial score (nSPS) is 15.0. The van der Waals surface area contributed by atoms with Gasteiger partial charge in [-0.1, -0.05) is 24.6 Å². The third kappa shape index (κ3) is 10.2. The molecule has 224 valence electrons. The number of alkyl carbamates (subject to hydrolysis) is 1. The maximum absolute atomic E-state index is 13.3. The molecule has 3 rings (SSSR count). The minimum absolute atomic E-state index is 0.0911. The van der Waals surface area contributed by atoms with E-state index in [1.165, 1.54) is 26.2 Å². The Balaban J connectivity index is 1.56. The molecule has 1 saturated carbocycles. The van der Waals surface area contributed by atoms with Gasteiger partial charge in [0, 0.05) is 45.0 Å². The number of rotatable bonds is 16. The average Bonchev–Trinajstić information content (AvgIpc) is 2.93. The highest BCUT2D eigenvalue weighted by Crippen LogP contribution is 2.44. The highest BCUT2D eigenvalue weighted by atomic mass is 32.2. The number of ether oxygens (including phenoxy) is 1. The number of benzene rings is 1. The third-order valence-corrected chi connectivity index (χ3v) is 8.64. The molecule has 0 radical (unpaired) electrons. The molecular formula is C28H38FN5O6S. The minimum atomic E-state index is -3.59. The lowest BCUT2D eigenvalue weighted by Crippen LogP contribution is -2.48. The van der Waals surface area contributed by atoms with Gasteiger partial charge in [-0.25, -0.2) is 13.9 Å². The Kier molecular flexibility index (Phi) is 11.7. The van der Waals surface area contributed by atoms with E-state index in [2.05, 4.69) is 20.3 Å². The number of Topliss-reactive ketones (excluding diaryl/α,β-unsaturated/α-hetero) is 1. The van der Waals surface area contributed by atoms with E-state index in [1.807, 2.05) is 0 Å². The standard InChI is InChI=1S/C28H38FN5O6S/c1-34(2)41(38,39)32-16-4-3-8-24(25(35)26(36)31-19-22-7-5-15-30-18-22)33-27(37)40-20-28(13-6-14-28)17-21-9-11-23(29)12-10-21/h5,7,9-12,15,18,24,32H,3-4,6,8,13-14,16-17,19-20H2,1-2H3,(H,31,36)(H,33,37)/t24-/m0/s1.